The smallest absolute Gasteiger partial charge is 0.414 e. The first-order valence-electron chi connectivity index (χ1n) is 9.79. The van der Waals surface area contributed by atoms with E-state index in [1.54, 1.807) is 11.0 Å². The van der Waals surface area contributed by atoms with Crippen LogP contribution in [-0.2, 0) is 4.74 Å². The van der Waals surface area contributed by atoms with Crippen LogP contribution < -0.4 is 9.80 Å². The highest BCUT2D eigenvalue weighted by atomic mass is 19.1. The lowest BCUT2D eigenvalue weighted by Crippen LogP contribution is -2.49. The number of nitrogens with zero attached hydrogens (tertiary/aromatic N) is 3. The highest BCUT2D eigenvalue weighted by molar-refractivity contribution is 5.96. The maximum atomic E-state index is 14.5. The first-order valence-corrected chi connectivity index (χ1v) is 9.79. The average Bonchev–Trinajstić information content (AvgIpc) is 3.13. The Morgan fingerprint density at radius 3 is 2.31 bits per heavy atom. The Kier molecular flexibility index (Phi) is 5.13. The normalized spacial score (nSPS) is 16.9. The van der Waals surface area contributed by atoms with Gasteiger partial charge in [0.25, 0.3) is 5.91 Å². The molecule has 2 amide bonds. The topological polar surface area (TPSA) is 53.1 Å². The maximum Gasteiger partial charge on any atom is 0.414 e. The lowest BCUT2D eigenvalue weighted by molar-refractivity contribution is 0.0746. The van der Waals surface area contributed by atoms with Gasteiger partial charge in [-0.05, 0) is 43.7 Å². The van der Waals surface area contributed by atoms with Gasteiger partial charge in [-0.1, -0.05) is 17.7 Å². The summed E-state index contributed by atoms with van der Waals surface area (Å²) in [5, 5.41) is 0. The molecule has 2 aliphatic heterocycles. The van der Waals surface area contributed by atoms with Gasteiger partial charge in [-0.25, -0.2) is 9.18 Å². The molecule has 0 aliphatic carbocycles. The Hall–Kier alpha value is -3.09. The molecule has 2 aliphatic rings. The minimum absolute atomic E-state index is 0.142. The standard InChI is InChI=1S/C22H24FN3O3/c1-15-3-5-19(16(2)13-15)24-7-9-25(10-8-24)21(27)17-4-6-20(18(23)14-17)26-11-12-29-22(26)28/h3-6,13-14H,7-12H2,1-2H3. The first-order chi connectivity index (χ1) is 13.9. The molecule has 2 aromatic rings. The number of carbonyl (C=O) groups is 2. The van der Waals surface area contributed by atoms with Gasteiger partial charge in [0, 0.05) is 37.4 Å². The first kappa shape index (κ1) is 19.2. The van der Waals surface area contributed by atoms with Crippen molar-refractivity contribution in [2.45, 2.75) is 13.8 Å². The minimum Gasteiger partial charge on any atom is -0.447 e. The second kappa shape index (κ2) is 7.73. The van der Waals surface area contributed by atoms with Gasteiger partial charge in [0.15, 0.2) is 0 Å². The molecule has 0 aromatic heterocycles. The molecule has 0 N–H and O–H groups in total. The molecule has 6 nitrogen and oxygen atoms in total. The number of ether oxygens (including phenoxy) is 1. The van der Waals surface area contributed by atoms with E-state index in [-0.39, 0.29) is 18.2 Å². The van der Waals surface area contributed by atoms with Crippen molar-refractivity contribution in [1.82, 2.24) is 4.90 Å². The summed E-state index contributed by atoms with van der Waals surface area (Å²) < 4.78 is 19.4. The van der Waals surface area contributed by atoms with Crippen molar-refractivity contribution >= 4 is 23.4 Å². The summed E-state index contributed by atoms with van der Waals surface area (Å²) in [6.45, 7) is 7.34. The van der Waals surface area contributed by atoms with Crippen molar-refractivity contribution in [3.05, 3.63) is 58.9 Å². The van der Waals surface area contributed by atoms with Crippen LogP contribution in [0.25, 0.3) is 0 Å². The van der Waals surface area contributed by atoms with E-state index in [0.29, 0.717) is 25.2 Å². The van der Waals surface area contributed by atoms with Crippen molar-refractivity contribution in [2.24, 2.45) is 0 Å². The molecule has 2 heterocycles. The van der Waals surface area contributed by atoms with Crippen LogP contribution in [0.1, 0.15) is 21.5 Å². The van der Waals surface area contributed by atoms with Gasteiger partial charge < -0.3 is 14.5 Å². The Balaban J connectivity index is 1.43. The number of hydrogen-bond acceptors (Lipinski definition) is 4. The van der Waals surface area contributed by atoms with E-state index < -0.39 is 11.9 Å². The average molecular weight is 397 g/mol. The minimum atomic E-state index is -0.594. The molecule has 7 heteroatoms. The van der Waals surface area contributed by atoms with Crippen LogP contribution in [0.15, 0.2) is 36.4 Å². The van der Waals surface area contributed by atoms with E-state index in [1.807, 2.05) is 0 Å². The lowest BCUT2D eigenvalue weighted by Gasteiger charge is -2.37. The number of halogens is 1. The Morgan fingerprint density at radius 2 is 1.69 bits per heavy atom. The number of aryl methyl sites for hydroxylation is 2. The Labute approximate surface area is 169 Å². The predicted molar refractivity (Wildman–Crippen MR) is 109 cm³/mol. The van der Waals surface area contributed by atoms with Crippen LogP contribution in [0.4, 0.5) is 20.6 Å². The van der Waals surface area contributed by atoms with Crippen molar-refractivity contribution in [1.29, 1.82) is 0 Å². The van der Waals surface area contributed by atoms with Gasteiger partial charge in [0.05, 0.1) is 12.2 Å². The van der Waals surface area contributed by atoms with Crippen molar-refractivity contribution in [3.63, 3.8) is 0 Å². The molecule has 0 bridgehead atoms. The molecule has 0 radical (unpaired) electrons. The van der Waals surface area contributed by atoms with E-state index in [0.717, 1.165) is 13.1 Å². The van der Waals surface area contributed by atoms with Gasteiger partial charge >= 0.3 is 6.09 Å². The molecule has 0 saturated carbocycles. The highest BCUT2D eigenvalue weighted by Gasteiger charge is 2.28. The molecule has 0 unspecified atom stereocenters. The molecule has 152 valence electrons. The predicted octanol–water partition coefficient (Wildman–Crippen LogP) is 3.36. The number of anilines is 2. The van der Waals surface area contributed by atoms with Gasteiger partial charge in [0.2, 0.25) is 0 Å². The zero-order valence-corrected chi connectivity index (χ0v) is 16.7. The molecule has 4 rings (SSSR count). The van der Waals surface area contributed by atoms with Gasteiger partial charge in [0.1, 0.15) is 12.4 Å². The van der Waals surface area contributed by atoms with E-state index in [9.17, 15) is 14.0 Å². The number of hydrogen-bond donors (Lipinski definition) is 0. The molecular formula is C22H24FN3O3. The number of amides is 2. The zero-order valence-electron chi connectivity index (χ0n) is 16.7. The number of carbonyl (C=O) groups excluding carboxylic acids is 2. The maximum absolute atomic E-state index is 14.5. The summed E-state index contributed by atoms with van der Waals surface area (Å²) in [6, 6.07) is 10.6. The van der Waals surface area contributed by atoms with Crippen LogP contribution >= 0.6 is 0 Å². The van der Waals surface area contributed by atoms with Gasteiger partial charge in [-0.3, -0.25) is 9.69 Å². The van der Waals surface area contributed by atoms with Crippen LogP contribution in [0.3, 0.4) is 0 Å². The van der Waals surface area contributed by atoms with Gasteiger partial charge in [-0.2, -0.15) is 0 Å². The van der Waals surface area contributed by atoms with Crippen LogP contribution in [0.5, 0.6) is 0 Å². The largest absolute Gasteiger partial charge is 0.447 e. The molecule has 2 aromatic carbocycles. The summed E-state index contributed by atoms with van der Waals surface area (Å²) in [4.78, 5) is 29.7. The lowest BCUT2D eigenvalue weighted by atomic mass is 10.1. The number of rotatable bonds is 3. The fourth-order valence-electron chi connectivity index (χ4n) is 3.96. The summed E-state index contributed by atoms with van der Waals surface area (Å²) >= 11 is 0. The third kappa shape index (κ3) is 3.77. The van der Waals surface area contributed by atoms with Crippen molar-refractivity contribution in [2.75, 3.05) is 49.1 Å². The summed E-state index contributed by atoms with van der Waals surface area (Å²) in [5.41, 5.74) is 4.08. The molecular weight excluding hydrogens is 373 g/mol. The SMILES string of the molecule is Cc1ccc(N2CCN(C(=O)c3ccc(N4CCOC4=O)c(F)c3)CC2)c(C)c1. The van der Waals surface area contributed by atoms with E-state index in [2.05, 4.69) is 36.9 Å². The fourth-order valence-corrected chi connectivity index (χ4v) is 3.96. The highest BCUT2D eigenvalue weighted by Crippen LogP contribution is 2.25. The third-order valence-electron chi connectivity index (χ3n) is 5.51. The Bertz CT molecular complexity index is 954. The van der Waals surface area contributed by atoms with E-state index in [1.165, 1.54) is 33.8 Å². The Morgan fingerprint density at radius 1 is 0.966 bits per heavy atom. The van der Waals surface area contributed by atoms with Crippen LogP contribution in [0.2, 0.25) is 0 Å². The van der Waals surface area contributed by atoms with Crippen molar-refractivity contribution in [3.8, 4) is 0 Å². The van der Waals surface area contributed by atoms with Crippen LogP contribution in [-0.4, -0.2) is 56.2 Å². The second-order valence-electron chi connectivity index (χ2n) is 7.50. The van der Waals surface area contributed by atoms with E-state index >= 15 is 0 Å². The second-order valence-corrected chi connectivity index (χ2v) is 7.50. The van der Waals surface area contributed by atoms with Crippen LogP contribution in [0, 0.1) is 19.7 Å². The fraction of sp³-hybridized carbons (Fsp3) is 0.364. The molecule has 2 fully saturated rings. The quantitative estimate of drug-likeness (QED) is 0.797. The molecule has 0 atom stereocenters. The third-order valence-corrected chi connectivity index (χ3v) is 5.51. The number of piperazine rings is 1. The summed E-state index contributed by atoms with van der Waals surface area (Å²) in [6.07, 6.45) is -0.564. The number of benzene rings is 2. The summed E-state index contributed by atoms with van der Waals surface area (Å²) in [5.74, 6) is -0.789. The van der Waals surface area contributed by atoms with E-state index in [4.69, 9.17) is 4.74 Å². The molecule has 29 heavy (non-hydrogen) atoms. The van der Waals surface area contributed by atoms with Crippen molar-refractivity contribution < 1.29 is 18.7 Å². The van der Waals surface area contributed by atoms with Gasteiger partial charge in [-0.15, -0.1) is 0 Å². The molecule has 2 saturated heterocycles. The molecule has 0 spiro atoms. The number of cyclic esters (lactones) is 1. The summed E-state index contributed by atoms with van der Waals surface area (Å²) in [7, 11) is 0. The monoisotopic (exact) mass is 397 g/mol. The zero-order chi connectivity index (χ0) is 20.5.